The lowest BCUT2D eigenvalue weighted by atomic mass is 10.0. The Kier molecular flexibility index (Phi) is 2.49. The second-order valence-electron chi connectivity index (χ2n) is 3.09. The van der Waals surface area contributed by atoms with Gasteiger partial charge in [0.15, 0.2) is 0 Å². The molecular weight excluding hydrogens is 112 g/mol. The summed E-state index contributed by atoms with van der Waals surface area (Å²) in [5.41, 5.74) is 0. The van der Waals surface area contributed by atoms with E-state index in [0.717, 1.165) is 5.92 Å². The van der Waals surface area contributed by atoms with Crippen LogP contribution in [0.25, 0.3) is 0 Å². The van der Waals surface area contributed by atoms with E-state index in [1.54, 1.807) is 0 Å². The van der Waals surface area contributed by atoms with Crippen LogP contribution in [0.15, 0.2) is 0 Å². The molecule has 1 heterocycles. The molecule has 0 aromatic rings. The molecule has 2 N–H and O–H groups in total. The molecule has 1 fully saturated rings. The van der Waals surface area contributed by atoms with Gasteiger partial charge in [0.25, 0.3) is 0 Å². The molecule has 0 amide bonds. The fourth-order valence-corrected chi connectivity index (χ4v) is 0.895. The lowest BCUT2D eigenvalue weighted by Crippen LogP contribution is -2.48. The predicted octanol–water partition coefficient (Wildman–Crippen LogP) is 0.204. The molecule has 0 bridgehead atoms. The van der Waals surface area contributed by atoms with E-state index in [2.05, 4.69) is 24.5 Å². The molecule has 2 heteroatoms. The van der Waals surface area contributed by atoms with E-state index in [1.165, 1.54) is 19.6 Å². The summed E-state index contributed by atoms with van der Waals surface area (Å²) >= 11 is 0. The molecule has 1 saturated heterocycles. The topological polar surface area (TPSA) is 24.1 Å². The molecule has 0 saturated carbocycles. The Morgan fingerprint density at radius 3 is 2.56 bits per heavy atom. The summed E-state index contributed by atoms with van der Waals surface area (Å²) in [7, 11) is 0. The van der Waals surface area contributed by atoms with Crippen LogP contribution in [0.1, 0.15) is 13.8 Å². The number of hydrogen-bond donors (Lipinski definition) is 2. The van der Waals surface area contributed by atoms with Crippen molar-refractivity contribution in [3.05, 3.63) is 0 Å². The normalized spacial score (nSPS) is 20.3. The average molecular weight is 128 g/mol. The average Bonchev–Trinajstić information content (AvgIpc) is 1.60. The molecule has 9 heavy (non-hydrogen) atoms. The number of nitrogens with one attached hydrogen (secondary N) is 2. The molecule has 0 aromatic carbocycles. The van der Waals surface area contributed by atoms with Gasteiger partial charge in [-0.3, -0.25) is 0 Å². The summed E-state index contributed by atoms with van der Waals surface area (Å²) in [6.45, 7) is 7.97. The Morgan fingerprint density at radius 1 is 1.56 bits per heavy atom. The SMILES string of the molecule is CC(C)NCC1CNC1. The van der Waals surface area contributed by atoms with E-state index < -0.39 is 0 Å². The van der Waals surface area contributed by atoms with E-state index in [9.17, 15) is 0 Å². The third-order valence-corrected chi connectivity index (χ3v) is 1.68. The third kappa shape index (κ3) is 2.33. The largest absolute Gasteiger partial charge is 0.316 e. The fraction of sp³-hybridized carbons (Fsp3) is 1.00. The third-order valence-electron chi connectivity index (χ3n) is 1.68. The van der Waals surface area contributed by atoms with Crippen molar-refractivity contribution in [3.8, 4) is 0 Å². The van der Waals surface area contributed by atoms with Crippen LogP contribution in [0.2, 0.25) is 0 Å². The van der Waals surface area contributed by atoms with E-state index in [0.29, 0.717) is 6.04 Å². The van der Waals surface area contributed by atoms with Gasteiger partial charge in [0, 0.05) is 25.7 Å². The van der Waals surface area contributed by atoms with Crippen molar-refractivity contribution in [1.82, 2.24) is 10.6 Å². The van der Waals surface area contributed by atoms with E-state index in [-0.39, 0.29) is 0 Å². The van der Waals surface area contributed by atoms with Gasteiger partial charge in [0.05, 0.1) is 0 Å². The maximum Gasteiger partial charge on any atom is 0.00105 e. The van der Waals surface area contributed by atoms with Crippen LogP contribution in [0.4, 0.5) is 0 Å². The summed E-state index contributed by atoms with van der Waals surface area (Å²) in [6, 6.07) is 0.644. The minimum Gasteiger partial charge on any atom is -0.316 e. The first-order valence-electron chi connectivity index (χ1n) is 3.73. The van der Waals surface area contributed by atoms with Crippen LogP contribution in [-0.2, 0) is 0 Å². The highest BCUT2D eigenvalue weighted by Crippen LogP contribution is 1.99. The molecule has 54 valence electrons. The Hall–Kier alpha value is -0.0800. The zero-order chi connectivity index (χ0) is 6.69. The van der Waals surface area contributed by atoms with Crippen molar-refractivity contribution in [2.75, 3.05) is 19.6 Å². The molecule has 0 aromatic heterocycles. The van der Waals surface area contributed by atoms with Crippen molar-refractivity contribution in [1.29, 1.82) is 0 Å². The summed E-state index contributed by atoms with van der Waals surface area (Å²) in [6.07, 6.45) is 0. The van der Waals surface area contributed by atoms with Crippen LogP contribution in [-0.4, -0.2) is 25.7 Å². The molecular formula is C7H16N2. The van der Waals surface area contributed by atoms with Gasteiger partial charge in [0.1, 0.15) is 0 Å². The van der Waals surface area contributed by atoms with Crippen molar-refractivity contribution in [3.63, 3.8) is 0 Å². The highest BCUT2D eigenvalue weighted by Gasteiger charge is 2.15. The minimum atomic E-state index is 0.644. The Labute approximate surface area is 57.0 Å². The van der Waals surface area contributed by atoms with Gasteiger partial charge in [-0.15, -0.1) is 0 Å². The molecule has 0 atom stereocenters. The molecule has 0 spiro atoms. The Balaban J connectivity index is 1.91. The summed E-state index contributed by atoms with van der Waals surface area (Å²) in [5, 5.41) is 6.65. The van der Waals surface area contributed by atoms with E-state index in [1.807, 2.05) is 0 Å². The Bertz CT molecular complexity index is 77.0. The van der Waals surface area contributed by atoms with Crippen LogP contribution >= 0.6 is 0 Å². The molecule has 1 aliphatic heterocycles. The molecule has 0 radical (unpaired) electrons. The van der Waals surface area contributed by atoms with Gasteiger partial charge < -0.3 is 10.6 Å². The first-order valence-corrected chi connectivity index (χ1v) is 3.73. The van der Waals surface area contributed by atoms with Crippen molar-refractivity contribution in [2.45, 2.75) is 19.9 Å². The molecule has 0 aliphatic carbocycles. The fourth-order valence-electron chi connectivity index (χ4n) is 0.895. The van der Waals surface area contributed by atoms with Gasteiger partial charge in [-0.05, 0) is 5.92 Å². The van der Waals surface area contributed by atoms with Gasteiger partial charge in [-0.2, -0.15) is 0 Å². The number of hydrogen-bond acceptors (Lipinski definition) is 2. The zero-order valence-corrected chi connectivity index (χ0v) is 6.28. The quantitative estimate of drug-likeness (QED) is 0.567. The monoisotopic (exact) mass is 128 g/mol. The van der Waals surface area contributed by atoms with Crippen LogP contribution in [0.3, 0.4) is 0 Å². The maximum absolute atomic E-state index is 3.41. The van der Waals surface area contributed by atoms with Gasteiger partial charge in [-0.25, -0.2) is 0 Å². The first-order chi connectivity index (χ1) is 4.29. The molecule has 1 aliphatic rings. The lowest BCUT2D eigenvalue weighted by molar-refractivity contribution is 0.323. The Morgan fingerprint density at radius 2 is 2.22 bits per heavy atom. The molecule has 1 rings (SSSR count). The van der Waals surface area contributed by atoms with E-state index in [4.69, 9.17) is 0 Å². The predicted molar refractivity (Wildman–Crippen MR) is 39.5 cm³/mol. The van der Waals surface area contributed by atoms with Crippen molar-refractivity contribution < 1.29 is 0 Å². The standard InChI is InChI=1S/C7H16N2/c1-6(2)9-5-7-3-8-4-7/h6-9H,3-5H2,1-2H3. The summed E-state index contributed by atoms with van der Waals surface area (Å²) < 4.78 is 0. The molecule has 2 nitrogen and oxygen atoms in total. The smallest absolute Gasteiger partial charge is 0.00105 e. The van der Waals surface area contributed by atoms with Crippen molar-refractivity contribution in [2.24, 2.45) is 5.92 Å². The molecule has 0 unspecified atom stereocenters. The van der Waals surface area contributed by atoms with Crippen LogP contribution in [0.5, 0.6) is 0 Å². The van der Waals surface area contributed by atoms with Crippen LogP contribution < -0.4 is 10.6 Å². The second-order valence-corrected chi connectivity index (χ2v) is 3.09. The van der Waals surface area contributed by atoms with E-state index >= 15 is 0 Å². The van der Waals surface area contributed by atoms with Crippen LogP contribution in [0, 0.1) is 5.92 Å². The first kappa shape index (κ1) is 7.03. The van der Waals surface area contributed by atoms with Crippen molar-refractivity contribution >= 4 is 0 Å². The second kappa shape index (κ2) is 3.18. The highest BCUT2D eigenvalue weighted by molar-refractivity contribution is 4.76. The summed E-state index contributed by atoms with van der Waals surface area (Å²) in [4.78, 5) is 0. The van der Waals surface area contributed by atoms with Gasteiger partial charge in [-0.1, -0.05) is 13.8 Å². The zero-order valence-electron chi connectivity index (χ0n) is 6.28. The summed E-state index contributed by atoms with van der Waals surface area (Å²) in [5.74, 6) is 0.896. The maximum atomic E-state index is 3.41. The number of rotatable bonds is 3. The lowest BCUT2D eigenvalue weighted by Gasteiger charge is -2.28. The van der Waals surface area contributed by atoms with Gasteiger partial charge in [0.2, 0.25) is 0 Å². The van der Waals surface area contributed by atoms with Gasteiger partial charge >= 0.3 is 0 Å². The minimum absolute atomic E-state index is 0.644. The highest BCUT2D eigenvalue weighted by atomic mass is 15.0.